The van der Waals surface area contributed by atoms with Crippen molar-refractivity contribution in [1.82, 2.24) is 20.2 Å². The lowest BCUT2D eigenvalue weighted by molar-refractivity contribution is 0.152. The summed E-state index contributed by atoms with van der Waals surface area (Å²) in [6.45, 7) is 4.41. The highest BCUT2D eigenvalue weighted by Crippen LogP contribution is 2.14. The summed E-state index contributed by atoms with van der Waals surface area (Å²) in [6.07, 6.45) is 4.90. The highest BCUT2D eigenvalue weighted by atomic mass is 127. The summed E-state index contributed by atoms with van der Waals surface area (Å²) in [5.41, 5.74) is 1.31. The molecule has 0 spiro atoms. The van der Waals surface area contributed by atoms with Crippen LogP contribution in [0.4, 0.5) is 4.39 Å². The Bertz CT molecular complexity index is 633. The first-order chi connectivity index (χ1) is 11.2. The smallest absolute Gasteiger partial charge is 0.191 e. The Kier molecular flexibility index (Phi) is 9.31. The van der Waals surface area contributed by atoms with Crippen LogP contribution in [0.2, 0.25) is 0 Å². The highest BCUT2D eigenvalue weighted by molar-refractivity contribution is 14.0. The molecule has 0 saturated carbocycles. The number of nitrogens with one attached hydrogen (secondary N) is 2. The van der Waals surface area contributed by atoms with Gasteiger partial charge in [-0.1, -0.05) is 6.07 Å². The number of aromatic nitrogens is 2. The number of halogens is 2. The Morgan fingerprint density at radius 3 is 2.83 bits per heavy atom. The van der Waals surface area contributed by atoms with E-state index in [2.05, 4.69) is 20.6 Å². The fourth-order valence-corrected chi connectivity index (χ4v) is 2.06. The van der Waals surface area contributed by atoms with Crippen molar-refractivity contribution in [3.05, 3.63) is 48.3 Å². The van der Waals surface area contributed by atoms with Crippen molar-refractivity contribution in [2.45, 2.75) is 13.5 Å². The van der Waals surface area contributed by atoms with Gasteiger partial charge >= 0.3 is 0 Å². The number of nitrogens with zero attached hydrogens (tertiary/aromatic N) is 3. The van der Waals surface area contributed by atoms with Gasteiger partial charge in [0.2, 0.25) is 0 Å². The second-order valence-electron chi connectivity index (χ2n) is 4.81. The maximum atomic E-state index is 14.2. The van der Waals surface area contributed by atoms with Gasteiger partial charge in [0, 0.05) is 39.1 Å². The lowest BCUT2D eigenvalue weighted by Gasteiger charge is -2.12. The predicted octanol–water partition coefficient (Wildman–Crippen LogP) is 2.33. The molecule has 6 nitrogen and oxygen atoms in total. The van der Waals surface area contributed by atoms with Gasteiger partial charge in [-0.3, -0.25) is 4.99 Å². The van der Waals surface area contributed by atoms with Gasteiger partial charge in [-0.25, -0.2) is 9.37 Å². The second-order valence-corrected chi connectivity index (χ2v) is 4.81. The summed E-state index contributed by atoms with van der Waals surface area (Å²) in [7, 11) is 1.69. The molecule has 0 aliphatic rings. The van der Waals surface area contributed by atoms with E-state index in [1.54, 1.807) is 36.4 Å². The van der Waals surface area contributed by atoms with Gasteiger partial charge in [-0.05, 0) is 24.6 Å². The average Bonchev–Trinajstić information content (AvgIpc) is 3.08. The van der Waals surface area contributed by atoms with Gasteiger partial charge in [0.1, 0.15) is 5.82 Å². The molecular weight excluding hydrogens is 424 g/mol. The summed E-state index contributed by atoms with van der Waals surface area (Å²) in [5, 5.41) is 6.27. The van der Waals surface area contributed by atoms with Crippen molar-refractivity contribution < 1.29 is 9.13 Å². The van der Waals surface area contributed by atoms with Crippen molar-refractivity contribution in [3.63, 3.8) is 0 Å². The Morgan fingerprint density at radius 1 is 1.38 bits per heavy atom. The molecule has 0 aliphatic heterocycles. The first kappa shape index (κ1) is 20.4. The molecule has 1 aromatic carbocycles. The molecule has 24 heavy (non-hydrogen) atoms. The van der Waals surface area contributed by atoms with Gasteiger partial charge in [0.05, 0.1) is 18.6 Å². The van der Waals surface area contributed by atoms with Crippen LogP contribution >= 0.6 is 24.0 Å². The maximum absolute atomic E-state index is 14.2. The SMILES string of the molecule is CCOCCNC(=NC)NCc1ccc(-n2ccnc2)c(F)c1.I. The van der Waals surface area contributed by atoms with Crippen molar-refractivity contribution in [3.8, 4) is 5.69 Å². The second kappa shape index (κ2) is 11.0. The molecule has 0 saturated heterocycles. The number of rotatable bonds is 7. The normalized spacial score (nSPS) is 11.0. The Hall–Kier alpha value is -1.68. The molecule has 0 unspecified atom stereocenters. The molecule has 0 atom stereocenters. The van der Waals surface area contributed by atoms with Crippen LogP contribution in [0.1, 0.15) is 12.5 Å². The Morgan fingerprint density at radius 2 is 2.21 bits per heavy atom. The van der Waals surface area contributed by atoms with E-state index in [1.165, 1.54) is 6.07 Å². The maximum Gasteiger partial charge on any atom is 0.191 e. The Labute approximate surface area is 158 Å². The van der Waals surface area contributed by atoms with E-state index in [0.717, 1.165) is 5.56 Å². The van der Waals surface area contributed by atoms with Gasteiger partial charge in [0.15, 0.2) is 5.96 Å². The van der Waals surface area contributed by atoms with Gasteiger partial charge in [-0.2, -0.15) is 0 Å². The molecule has 1 aromatic heterocycles. The molecule has 0 fully saturated rings. The van der Waals surface area contributed by atoms with Crippen molar-refractivity contribution >= 4 is 29.9 Å². The molecule has 2 N–H and O–H groups in total. The lowest BCUT2D eigenvalue weighted by Crippen LogP contribution is -2.38. The summed E-state index contributed by atoms with van der Waals surface area (Å²) in [5.74, 6) is 0.366. The number of benzene rings is 1. The monoisotopic (exact) mass is 447 g/mol. The molecule has 0 radical (unpaired) electrons. The molecule has 8 heteroatoms. The fourth-order valence-electron chi connectivity index (χ4n) is 2.06. The molecule has 0 aliphatic carbocycles. The summed E-state index contributed by atoms with van der Waals surface area (Å²) in [4.78, 5) is 8.04. The summed E-state index contributed by atoms with van der Waals surface area (Å²) >= 11 is 0. The summed E-state index contributed by atoms with van der Waals surface area (Å²) in [6, 6.07) is 5.12. The number of aliphatic imine (C=N–C) groups is 1. The van der Waals surface area contributed by atoms with Crippen LogP contribution in [0.15, 0.2) is 41.9 Å². The first-order valence-corrected chi connectivity index (χ1v) is 7.53. The van der Waals surface area contributed by atoms with Crippen LogP contribution in [0.3, 0.4) is 0 Å². The largest absolute Gasteiger partial charge is 0.380 e. The molecule has 0 bridgehead atoms. The molecule has 2 aromatic rings. The van der Waals surface area contributed by atoms with E-state index >= 15 is 0 Å². The minimum absolute atomic E-state index is 0. The van der Waals surface area contributed by atoms with Crippen LogP contribution in [-0.2, 0) is 11.3 Å². The molecule has 132 valence electrons. The quantitative estimate of drug-likeness (QED) is 0.296. The zero-order valence-corrected chi connectivity index (χ0v) is 16.2. The van der Waals surface area contributed by atoms with Crippen LogP contribution < -0.4 is 10.6 Å². The third-order valence-corrected chi connectivity index (χ3v) is 3.22. The topological polar surface area (TPSA) is 63.5 Å². The Balaban J connectivity index is 0.00000288. The van der Waals surface area contributed by atoms with Crippen LogP contribution in [0, 0.1) is 5.82 Å². The molecule has 0 amide bonds. The standard InChI is InChI=1S/C16H22FN5O.HI/c1-3-23-9-7-20-16(18-2)21-11-13-4-5-15(14(17)10-13)22-8-6-19-12-22;/h4-6,8,10,12H,3,7,9,11H2,1-2H3,(H2,18,20,21);1H. The first-order valence-electron chi connectivity index (χ1n) is 7.53. The van der Waals surface area contributed by atoms with E-state index in [1.807, 2.05) is 13.0 Å². The fraction of sp³-hybridized carbons (Fsp3) is 0.375. The third kappa shape index (κ3) is 6.08. The van der Waals surface area contributed by atoms with Gasteiger partial charge < -0.3 is 19.9 Å². The molecular formula is C16H23FIN5O. The number of imidazole rings is 1. The zero-order valence-electron chi connectivity index (χ0n) is 13.8. The minimum Gasteiger partial charge on any atom is -0.380 e. The third-order valence-electron chi connectivity index (χ3n) is 3.22. The van der Waals surface area contributed by atoms with Crippen molar-refractivity contribution in [2.24, 2.45) is 4.99 Å². The van der Waals surface area contributed by atoms with E-state index in [-0.39, 0.29) is 29.8 Å². The summed E-state index contributed by atoms with van der Waals surface area (Å²) < 4.78 is 21.1. The van der Waals surface area contributed by atoms with E-state index in [9.17, 15) is 4.39 Å². The van der Waals surface area contributed by atoms with Crippen LogP contribution in [0.5, 0.6) is 0 Å². The van der Waals surface area contributed by atoms with Crippen LogP contribution in [0.25, 0.3) is 5.69 Å². The predicted molar refractivity (Wildman–Crippen MR) is 104 cm³/mol. The number of guanidine groups is 1. The van der Waals surface area contributed by atoms with Crippen molar-refractivity contribution in [2.75, 3.05) is 26.8 Å². The highest BCUT2D eigenvalue weighted by Gasteiger charge is 2.06. The van der Waals surface area contributed by atoms with Crippen LogP contribution in [-0.4, -0.2) is 42.3 Å². The van der Waals surface area contributed by atoms with Gasteiger partial charge in [-0.15, -0.1) is 24.0 Å². The number of hydrogen-bond donors (Lipinski definition) is 2. The van der Waals surface area contributed by atoms with Gasteiger partial charge in [0.25, 0.3) is 0 Å². The lowest BCUT2D eigenvalue weighted by atomic mass is 10.2. The zero-order chi connectivity index (χ0) is 16.5. The molecule has 2 rings (SSSR count). The molecule has 1 heterocycles. The van der Waals surface area contributed by atoms with E-state index in [4.69, 9.17) is 4.74 Å². The van der Waals surface area contributed by atoms with E-state index in [0.29, 0.717) is 38.0 Å². The number of ether oxygens (including phenoxy) is 1. The van der Waals surface area contributed by atoms with E-state index < -0.39 is 0 Å². The van der Waals surface area contributed by atoms with Crippen molar-refractivity contribution in [1.29, 1.82) is 0 Å². The number of hydrogen-bond acceptors (Lipinski definition) is 3. The minimum atomic E-state index is -0.290. The average molecular weight is 447 g/mol.